The lowest BCUT2D eigenvalue weighted by Gasteiger charge is -2.42. The van der Waals surface area contributed by atoms with Crippen molar-refractivity contribution in [1.82, 2.24) is 9.21 Å². The topological polar surface area (TPSA) is 84.0 Å². The summed E-state index contributed by atoms with van der Waals surface area (Å²) in [6.07, 6.45) is 5.01. The molecule has 2 unspecified atom stereocenters. The van der Waals surface area contributed by atoms with Crippen LogP contribution in [-0.4, -0.2) is 55.7 Å². The zero-order chi connectivity index (χ0) is 19.3. The van der Waals surface area contributed by atoms with E-state index < -0.39 is 16.1 Å². The van der Waals surface area contributed by atoms with E-state index in [-0.39, 0.29) is 46.7 Å². The van der Waals surface area contributed by atoms with E-state index in [0.29, 0.717) is 18.6 Å². The molecule has 4 rings (SSSR count). The molecule has 0 aromatic heterocycles. The zero-order valence-corrected chi connectivity index (χ0v) is 16.2. The Hall–Kier alpha value is -1.90. The number of ether oxygens (including phenoxy) is 1. The number of benzene rings is 1. The number of imide groups is 1. The number of halogens is 1. The lowest BCUT2D eigenvalue weighted by Crippen LogP contribution is -2.62. The van der Waals surface area contributed by atoms with Gasteiger partial charge in [0.1, 0.15) is 5.75 Å². The lowest BCUT2D eigenvalue weighted by molar-refractivity contribution is -0.145. The summed E-state index contributed by atoms with van der Waals surface area (Å²) in [5.74, 6) is -0.559. The Labute approximate surface area is 162 Å². The Morgan fingerprint density at radius 2 is 1.67 bits per heavy atom. The SMILES string of the molecule is COc1ccc(S(=O)(=O)N2CC(N3C(=O)C4CC=CCC4C3=O)C2)cc1Cl. The number of nitrogens with zero attached hydrogens (tertiary/aromatic N) is 2. The number of amides is 2. The van der Waals surface area contributed by atoms with E-state index in [1.807, 2.05) is 12.2 Å². The first kappa shape index (κ1) is 18.5. The second-order valence-electron chi connectivity index (χ2n) is 6.97. The fraction of sp³-hybridized carbons (Fsp3) is 0.444. The highest BCUT2D eigenvalue weighted by atomic mass is 35.5. The molecule has 0 bridgehead atoms. The van der Waals surface area contributed by atoms with E-state index in [1.54, 1.807) is 0 Å². The predicted octanol–water partition coefficient (Wildman–Crippen LogP) is 1.67. The number of carbonyl (C=O) groups excluding carboxylic acids is 2. The van der Waals surface area contributed by atoms with Crippen LogP contribution in [-0.2, 0) is 19.6 Å². The van der Waals surface area contributed by atoms with E-state index in [4.69, 9.17) is 16.3 Å². The molecule has 2 fully saturated rings. The van der Waals surface area contributed by atoms with Gasteiger partial charge in [0.05, 0.1) is 34.9 Å². The molecule has 3 aliphatic rings. The molecule has 0 spiro atoms. The molecule has 0 radical (unpaired) electrons. The highest BCUT2D eigenvalue weighted by molar-refractivity contribution is 7.89. The van der Waals surface area contributed by atoms with Crippen molar-refractivity contribution in [3.8, 4) is 5.75 Å². The smallest absolute Gasteiger partial charge is 0.243 e. The molecule has 2 aliphatic heterocycles. The third kappa shape index (κ3) is 2.86. The van der Waals surface area contributed by atoms with Crippen LogP contribution in [0.4, 0.5) is 0 Å². The summed E-state index contributed by atoms with van der Waals surface area (Å²) in [4.78, 5) is 26.5. The van der Waals surface area contributed by atoms with Crippen molar-refractivity contribution in [2.75, 3.05) is 20.2 Å². The number of likely N-dealkylation sites (tertiary alicyclic amines) is 1. The highest BCUT2D eigenvalue weighted by Gasteiger charge is 2.53. The minimum atomic E-state index is -3.74. The lowest BCUT2D eigenvalue weighted by atomic mass is 9.85. The Balaban J connectivity index is 1.48. The molecule has 9 heteroatoms. The van der Waals surface area contributed by atoms with E-state index >= 15 is 0 Å². The number of hydrogen-bond acceptors (Lipinski definition) is 5. The number of carbonyl (C=O) groups is 2. The van der Waals surface area contributed by atoms with E-state index in [0.717, 1.165) is 0 Å². The second-order valence-corrected chi connectivity index (χ2v) is 9.32. The van der Waals surface area contributed by atoms with Gasteiger partial charge in [0.25, 0.3) is 0 Å². The van der Waals surface area contributed by atoms with Crippen LogP contribution in [0.1, 0.15) is 12.8 Å². The summed E-state index contributed by atoms with van der Waals surface area (Å²) >= 11 is 6.03. The van der Waals surface area contributed by atoms with Gasteiger partial charge in [-0.2, -0.15) is 4.31 Å². The summed E-state index contributed by atoms with van der Waals surface area (Å²) < 4.78 is 31.8. The number of sulfonamides is 1. The zero-order valence-electron chi connectivity index (χ0n) is 14.7. The van der Waals surface area contributed by atoms with Crippen LogP contribution in [0.3, 0.4) is 0 Å². The second kappa shape index (κ2) is 6.61. The first-order valence-corrected chi connectivity index (χ1v) is 10.5. The van der Waals surface area contributed by atoms with Crippen molar-refractivity contribution in [3.05, 3.63) is 35.4 Å². The van der Waals surface area contributed by atoms with E-state index in [1.165, 1.54) is 34.5 Å². The summed E-state index contributed by atoms with van der Waals surface area (Å²) in [6.45, 7) is 0.215. The van der Waals surface area contributed by atoms with Gasteiger partial charge in [-0.15, -0.1) is 0 Å². The first-order chi connectivity index (χ1) is 12.8. The van der Waals surface area contributed by atoms with Gasteiger partial charge in [-0.05, 0) is 31.0 Å². The van der Waals surface area contributed by atoms with Crippen LogP contribution in [0.25, 0.3) is 0 Å². The largest absolute Gasteiger partial charge is 0.495 e. The Morgan fingerprint density at radius 1 is 1.07 bits per heavy atom. The van der Waals surface area contributed by atoms with E-state index in [9.17, 15) is 18.0 Å². The molecule has 2 heterocycles. The van der Waals surface area contributed by atoms with Crippen LogP contribution >= 0.6 is 11.6 Å². The van der Waals surface area contributed by atoms with Crippen molar-refractivity contribution >= 4 is 33.4 Å². The van der Waals surface area contributed by atoms with E-state index in [2.05, 4.69) is 0 Å². The normalized spacial score (nSPS) is 26.2. The van der Waals surface area contributed by atoms with Gasteiger partial charge in [-0.1, -0.05) is 23.8 Å². The number of hydrogen-bond donors (Lipinski definition) is 0. The van der Waals surface area contributed by atoms with Crippen LogP contribution < -0.4 is 4.74 Å². The van der Waals surface area contributed by atoms with Gasteiger partial charge in [-0.3, -0.25) is 14.5 Å². The standard InChI is InChI=1S/C18H19ClN2O5S/c1-26-16-7-6-12(8-15(16)19)27(24,25)20-9-11(10-20)21-17(22)13-4-2-3-5-14(13)18(21)23/h2-3,6-8,11,13-14H,4-5,9-10H2,1H3. The third-order valence-electron chi connectivity index (χ3n) is 5.50. The predicted molar refractivity (Wildman–Crippen MR) is 97.8 cm³/mol. The van der Waals surface area contributed by atoms with Crippen molar-refractivity contribution in [3.63, 3.8) is 0 Å². The molecule has 2 amide bonds. The average molecular weight is 411 g/mol. The third-order valence-corrected chi connectivity index (χ3v) is 7.62. The monoisotopic (exact) mass is 410 g/mol. The summed E-state index contributed by atoms with van der Waals surface area (Å²) in [7, 11) is -2.29. The van der Waals surface area contributed by atoms with Gasteiger partial charge >= 0.3 is 0 Å². The molecule has 1 aliphatic carbocycles. The Kier molecular flexibility index (Phi) is 4.52. The van der Waals surface area contributed by atoms with Crippen LogP contribution in [0.2, 0.25) is 5.02 Å². The maximum Gasteiger partial charge on any atom is 0.243 e. The number of allylic oxidation sites excluding steroid dienone is 2. The molecule has 0 saturated carbocycles. The van der Waals surface area contributed by atoms with Gasteiger partial charge in [0, 0.05) is 13.1 Å². The van der Waals surface area contributed by atoms with Crippen LogP contribution in [0.5, 0.6) is 5.75 Å². The molecular formula is C18H19ClN2O5S. The summed E-state index contributed by atoms with van der Waals surface area (Å²) in [5.41, 5.74) is 0. The number of methoxy groups -OCH3 is 1. The quantitative estimate of drug-likeness (QED) is 0.557. The molecule has 2 saturated heterocycles. The molecule has 27 heavy (non-hydrogen) atoms. The van der Waals surface area contributed by atoms with Gasteiger partial charge in [0.15, 0.2) is 0 Å². The Morgan fingerprint density at radius 3 is 2.19 bits per heavy atom. The van der Waals surface area contributed by atoms with Gasteiger partial charge < -0.3 is 4.74 Å². The maximum absolute atomic E-state index is 12.8. The number of fused-ring (bicyclic) bond motifs is 1. The molecule has 0 N–H and O–H groups in total. The van der Waals surface area contributed by atoms with Crippen molar-refractivity contribution in [2.24, 2.45) is 11.8 Å². The highest BCUT2D eigenvalue weighted by Crippen LogP contribution is 2.38. The van der Waals surface area contributed by atoms with Crippen LogP contribution in [0.15, 0.2) is 35.2 Å². The minimum absolute atomic E-state index is 0.0590. The molecule has 144 valence electrons. The molecule has 2 atom stereocenters. The first-order valence-electron chi connectivity index (χ1n) is 8.70. The summed E-state index contributed by atoms with van der Waals surface area (Å²) in [5, 5.41) is 0.206. The molecule has 1 aromatic rings. The maximum atomic E-state index is 12.8. The Bertz CT molecular complexity index is 913. The molecular weight excluding hydrogens is 392 g/mol. The van der Waals surface area contributed by atoms with Crippen molar-refractivity contribution < 1.29 is 22.7 Å². The molecule has 1 aromatic carbocycles. The fourth-order valence-electron chi connectivity index (χ4n) is 3.92. The van der Waals surface area contributed by atoms with Crippen molar-refractivity contribution in [1.29, 1.82) is 0 Å². The van der Waals surface area contributed by atoms with Crippen molar-refractivity contribution in [2.45, 2.75) is 23.8 Å². The summed E-state index contributed by atoms with van der Waals surface area (Å²) in [6, 6.07) is 3.87. The fourth-order valence-corrected chi connectivity index (χ4v) is 5.78. The van der Waals surface area contributed by atoms with Gasteiger partial charge in [0.2, 0.25) is 21.8 Å². The number of rotatable bonds is 4. The van der Waals surface area contributed by atoms with Gasteiger partial charge in [-0.25, -0.2) is 8.42 Å². The average Bonchev–Trinajstić information content (AvgIpc) is 2.86. The van der Waals surface area contributed by atoms with Crippen LogP contribution in [0, 0.1) is 11.8 Å². The molecule has 7 nitrogen and oxygen atoms in total. The minimum Gasteiger partial charge on any atom is -0.495 e.